The molecular formula is C11H15BrO3. The zero-order chi connectivity index (χ0) is 11.3. The molecule has 84 valence electrons. The lowest BCUT2D eigenvalue weighted by atomic mass is 9.90. The smallest absolute Gasteiger partial charge is 0.218 e. The predicted octanol–water partition coefficient (Wildman–Crippen LogP) is 3.64. The van der Waals surface area contributed by atoms with Crippen LogP contribution in [0.1, 0.15) is 39.7 Å². The van der Waals surface area contributed by atoms with E-state index in [1.165, 1.54) is 0 Å². The van der Waals surface area contributed by atoms with Crippen LogP contribution in [0.2, 0.25) is 0 Å². The van der Waals surface area contributed by atoms with Crippen molar-refractivity contribution in [3.05, 3.63) is 22.6 Å². The number of hydrogen-bond donors (Lipinski definition) is 0. The van der Waals surface area contributed by atoms with E-state index < -0.39 is 6.29 Å². The lowest BCUT2D eigenvalue weighted by Gasteiger charge is -2.30. The summed E-state index contributed by atoms with van der Waals surface area (Å²) < 4.78 is 17.8. The van der Waals surface area contributed by atoms with E-state index in [1.807, 2.05) is 39.8 Å². The summed E-state index contributed by atoms with van der Waals surface area (Å²) in [6, 6.07) is 3.69. The molecule has 0 atom stereocenters. The first-order chi connectivity index (χ1) is 6.82. The molecule has 15 heavy (non-hydrogen) atoms. The molecule has 0 bridgehead atoms. The Kier molecular flexibility index (Phi) is 2.48. The van der Waals surface area contributed by atoms with Gasteiger partial charge in [-0.05, 0) is 55.8 Å². The van der Waals surface area contributed by atoms with Crippen LogP contribution in [0.4, 0.5) is 0 Å². The molecule has 0 unspecified atom stereocenters. The van der Waals surface area contributed by atoms with Crippen LogP contribution in [0.3, 0.4) is 0 Å². The van der Waals surface area contributed by atoms with Gasteiger partial charge >= 0.3 is 0 Å². The van der Waals surface area contributed by atoms with Crippen molar-refractivity contribution in [3.8, 4) is 0 Å². The first-order valence-corrected chi connectivity index (χ1v) is 5.72. The molecule has 0 N–H and O–H groups in total. The van der Waals surface area contributed by atoms with Crippen molar-refractivity contribution in [2.45, 2.75) is 45.2 Å². The van der Waals surface area contributed by atoms with Gasteiger partial charge in [0.1, 0.15) is 0 Å². The molecule has 1 aromatic rings. The Hall–Kier alpha value is -0.320. The second kappa shape index (κ2) is 3.34. The fraction of sp³-hybridized carbons (Fsp3) is 0.636. The maximum absolute atomic E-state index is 5.83. The Bertz CT molecular complexity index is 352. The second-order valence-corrected chi connectivity index (χ2v) is 5.51. The normalized spacial score (nSPS) is 24.6. The fourth-order valence-electron chi connectivity index (χ4n) is 1.41. The standard InChI is InChI=1S/C11H15BrO3/c1-10(2)11(3,4)15-9(14-10)7-5-6-8(12)13-7/h5-6,9H,1-4H3. The first-order valence-electron chi connectivity index (χ1n) is 4.93. The van der Waals surface area contributed by atoms with Crippen molar-refractivity contribution in [2.75, 3.05) is 0 Å². The summed E-state index contributed by atoms with van der Waals surface area (Å²) in [7, 11) is 0. The molecule has 0 aliphatic carbocycles. The number of halogens is 1. The van der Waals surface area contributed by atoms with Crippen LogP contribution in [0, 0.1) is 0 Å². The van der Waals surface area contributed by atoms with Crippen molar-refractivity contribution in [3.63, 3.8) is 0 Å². The summed E-state index contributed by atoms with van der Waals surface area (Å²) in [6.45, 7) is 8.08. The van der Waals surface area contributed by atoms with E-state index >= 15 is 0 Å². The quantitative estimate of drug-likeness (QED) is 0.784. The van der Waals surface area contributed by atoms with Crippen LogP contribution in [-0.4, -0.2) is 11.2 Å². The van der Waals surface area contributed by atoms with Crippen molar-refractivity contribution in [2.24, 2.45) is 0 Å². The van der Waals surface area contributed by atoms with Gasteiger partial charge in [-0.1, -0.05) is 0 Å². The third-order valence-electron chi connectivity index (χ3n) is 3.08. The van der Waals surface area contributed by atoms with Gasteiger partial charge in [-0.15, -0.1) is 0 Å². The van der Waals surface area contributed by atoms with Gasteiger partial charge in [0, 0.05) is 0 Å². The highest BCUT2D eigenvalue weighted by Gasteiger charge is 2.50. The van der Waals surface area contributed by atoms with E-state index in [4.69, 9.17) is 13.9 Å². The number of rotatable bonds is 1. The van der Waals surface area contributed by atoms with Crippen molar-refractivity contribution in [1.82, 2.24) is 0 Å². The lowest BCUT2D eigenvalue weighted by molar-refractivity contribution is -0.102. The Labute approximate surface area is 97.9 Å². The minimum absolute atomic E-state index is 0.322. The summed E-state index contributed by atoms with van der Waals surface area (Å²) in [6.07, 6.45) is -0.415. The Balaban J connectivity index is 2.23. The summed E-state index contributed by atoms with van der Waals surface area (Å²) in [5, 5.41) is 0. The summed E-state index contributed by atoms with van der Waals surface area (Å²) in [5.41, 5.74) is -0.645. The maximum Gasteiger partial charge on any atom is 0.218 e. The first kappa shape index (κ1) is 11.2. The zero-order valence-electron chi connectivity index (χ0n) is 9.33. The summed E-state index contributed by atoms with van der Waals surface area (Å²) in [4.78, 5) is 0. The molecule has 4 heteroatoms. The van der Waals surface area contributed by atoms with Crippen LogP contribution in [0.15, 0.2) is 21.2 Å². The minimum atomic E-state index is -0.415. The average molecular weight is 275 g/mol. The molecule has 1 aliphatic heterocycles. The third kappa shape index (κ3) is 1.86. The molecule has 0 amide bonds. The zero-order valence-corrected chi connectivity index (χ0v) is 10.9. The van der Waals surface area contributed by atoms with Gasteiger partial charge < -0.3 is 13.9 Å². The van der Waals surface area contributed by atoms with Crippen LogP contribution in [0.5, 0.6) is 0 Å². The van der Waals surface area contributed by atoms with Gasteiger partial charge in [-0.25, -0.2) is 0 Å². The molecule has 0 saturated carbocycles. The molecule has 2 heterocycles. The fourth-order valence-corrected chi connectivity index (χ4v) is 1.73. The van der Waals surface area contributed by atoms with Crippen LogP contribution < -0.4 is 0 Å². The Morgan fingerprint density at radius 2 is 1.60 bits per heavy atom. The van der Waals surface area contributed by atoms with Crippen LogP contribution >= 0.6 is 15.9 Å². The topological polar surface area (TPSA) is 31.6 Å². The van der Waals surface area contributed by atoms with Gasteiger partial charge in [0.05, 0.1) is 11.2 Å². The van der Waals surface area contributed by atoms with Gasteiger partial charge in [-0.2, -0.15) is 0 Å². The number of hydrogen-bond acceptors (Lipinski definition) is 3. The van der Waals surface area contributed by atoms with E-state index in [0.717, 1.165) is 0 Å². The molecule has 2 rings (SSSR count). The van der Waals surface area contributed by atoms with Crippen molar-refractivity contribution >= 4 is 15.9 Å². The molecule has 0 radical (unpaired) electrons. The highest BCUT2D eigenvalue weighted by atomic mass is 79.9. The summed E-state index contributed by atoms with van der Waals surface area (Å²) >= 11 is 3.26. The van der Waals surface area contributed by atoms with E-state index in [0.29, 0.717) is 10.4 Å². The highest BCUT2D eigenvalue weighted by molar-refractivity contribution is 9.10. The average Bonchev–Trinajstić information content (AvgIpc) is 2.56. The van der Waals surface area contributed by atoms with Gasteiger partial charge in [0.25, 0.3) is 0 Å². The maximum atomic E-state index is 5.83. The number of furan rings is 1. The van der Waals surface area contributed by atoms with Crippen LogP contribution in [-0.2, 0) is 9.47 Å². The third-order valence-corrected chi connectivity index (χ3v) is 3.51. The van der Waals surface area contributed by atoms with Crippen molar-refractivity contribution < 1.29 is 13.9 Å². The molecule has 1 aliphatic rings. The molecular weight excluding hydrogens is 260 g/mol. The van der Waals surface area contributed by atoms with E-state index in [1.54, 1.807) is 0 Å². The molecule has 0 spiro atoms. The van der Waals surface area contributed by atoms with Crippen molar-refractivity contribution in [1.29, 1.82) is 0 Å². The van der Waals surface area contributed by atoms with Gasteiger partial charge in [-0.3, -0.25) is 0 Å². The molecule has 1 saturated heterocycles. The molecule has 0 aromatic carbocycles. The van der Waals surface area contributed by atoms with Gasteiger partial charge in [0.2, 0.25) is 6.29 Å². The van der Waals surface area contributed by atoms with E-state index in [2.05, 4.69) is 15.9 Å². The highest BCUT2D eigenvalue weighted by Crippen LogP contribution is 2.45. The molecule has 1 aromatic heterocycles. The Morgan fingerprint density at radius 1 is 1.07 bits per heavy atom. The second-order valence-electron chi connectivity index (χ2n) is 4.73. The Morgan fingerprint density at radius 3 is 2.00 bits per heavy atom. The monoisotopic (exact) mass is 274 g/mol. The van der Waals surface area contributed by atoms with E-state index in [-0.39, 0.29) is 11.2 Å². The molecule has 1 fully saturated rings. The predicted molar refractivity (Wildman–Crippen MR) is 59.5 cm³/mol. The SMILES string of the molecule is CC1(C)OC(c2ccc(Br)o2)OC1(C)C. The van der Waals surface area contributed by atoms with Crippen LogP contribution in [0.25, 0.3) is 0 Å². The summed E-state index contributed by atoms with van der Waals surface area (Å²) in [5.74, 6) is 0.695. The van der Waals surface area contributed by atoms with Gasteiger partial charge in [0.15, 0.2) is 10.4 Å². The largest absolute Gasteiger partial charge is 0.449 e. The number of ether oxygens (including phenoxy) is 2. The minimum Gasteiger partial charge on any atom is -0.449 e. The lowest BCUT2D eigenvalue weighted by Crippen LogP contribution is -2.41. The van der Waals surface area contributed by atoms with E-state index in [9.17, 15) is 0 Å². The molecule has 3 nitrogen and oxygen atoms in total.